The van der Waals surface area contributed by atoms with Crippen LogP contribution in [0.4, 0.5) is 5.13 Å². The van der Waals surface area contributed by atoms with Crippen LogP contribution >= 0.6 is 11.3 Å². The molecule has 1 saturated carbocycles. The van der Waals surface area contributed by atoms with Gasteiger partial charge in [-0.1, -0.05) is 35.7 Å². The Morgan fingerprint density at radius 1 is 1.24 bits per heavy atom. The van der Waals surface area contributed by atoms with Gasteiger partial charge in [-0.2, -0.15) is 0 Å². The molecule has 0 saturated heterocycles. The number of anilines is 1. The number of carbonyl (C=O) groups excluding carboxylic acids is 2. The molecule has 132 valence electrons. The Bertz CT molecular complexity index is 789. The van der Waals surface area contributed by atoms with Crippen molar-refractivity contribution in [3.8, 4) is 0 Å². The number of aromatic nitrogens is 1. The monoisotopic (exact) mass is 358 g/mol. The summed E-state index contributed by atoms with van der Waals surface area (Å²) in [5.74, 6) is -0.348. The highest BCUT2D eigenvalue weighted by atomic mass is 32.1. The molecule has 1 aromatic heterocycles. The third kappa shape index (κ3) is 3.74. The molecule has 1 N–H and O–H groups in total. The zero-order chi connectivity index (χ0) is 18.0. The third-order valence-electron chi connectivity index (χ3n) is 4.56. The van der Waals surface area contributed by atoms with E-state index in [1.165, 1.54) is 18.3 Å². The van der Waals surface area contributed by atoms with Crippen molar-refractivity contribution in [2.75, 3.05) is 5.32 Å². The molecule has 1 fully saturated rings. The Kier molecular flexibility index (Phi) is 4.90. The fourth-order valence-corrected chi connectivity index (χ4v) is 3.99. The number of hydrogen-bond acceptors (Lipinski definition) is 5. The lowest BCUT2D eigenvalue weighted by Crippen LogP contribution is -2.43. The quantitative estimate of drug-likeness (QED) is 0.824. The number of thiazole rings is 1. The summed E-state index contributed by atoms with van der Waals surface area (Å²) < 4.78 is 5.58. The van der Waals surface area contributed by atoms with Crippen LogP contribution in [0.15, 0.2) is 23.6 Å². The highest BCUT2D eigenvalue weighted by Gasteiger charge is 2.47. The summed E-state index contributed by atoms with van der Waals surface area (Å²) in [4.78, 5) is 28.1. The van der Waals surface area contributed by atoms with Gasteiger partial charge in [-0.25, -0.2) is 4.98 Å². The van der Waals surface area contributed by atoms with Crippen molar-refractivity contribution < 1.29 is 14.3 Å². The first-order chi connectivity index (χ1) is 11.9. The van der Waals surface area contributed by atoms with Crippen molar-refractivity contribution >= 4 is 28.3 Å². The summed E-state index contributed by atoms with van der Waals surface area (Å²) in [6.45, 7) is 5.66. The smallest absolute Gasteiger partial charge is 0.316 e. The average molecular weight is 358 g/mol. The highest BCUT2D eigenvalue weighted by Crippen LogP contribution is 2.45. The second kappa shape index (κ2) is 6.96. The summed E-state index contributed by atoms with van der Waals surface area (Å²) in [7, 11) is 0. The highest BCUT2D eigenvalue weighted by molar-refractivity contribution is 7.13. The lowest BCUT2D eigenvalue weighted by molar-refractivity contribution is -0.156. The zero-order valence-corrected chi connectivity index (χ0v) is 15.5. The fraction of sp³-hybridized carbons (Fsp3) is 0.421. The molecule has 1 aromatic carbocycles. The number of rotatable bonds is 5. The van der Waals surface area contributed by atoms with E-state index in [4.69, 9.17) is 4.74 Å². The van der Waals surface area contributed by atoms with Gasteiger partial charge in [0.25, 0.3) is 0 Å². The van der Waals surface area contributed by atoms with Crippen LogP contribution in [0.25, 0.3) is 0 Å². The van der Waals surface area contributed by atoms with E-state index in [2.05, 4.69) is 28.5 Å². The van der Waals surface area contributed by atoms with Gasteiger partial charge in [0, 0.05) is 12.3 Å². The van der Waals surface area contributed by atoms with Crippen molar-refractivity contribution in [1.29, 1.82) is 0 Å². The Morgan fingerprint density at radius 2 is 1.92 bits per heavy atom. The standard InChI is InChI=1S/C19H22N2O3S/c1-12-7-13(2)9-15(8-12)19(5-4-6-19)17(23)24-10-16-11-25-18(21-16)20-14(3)22/h7-9,11H,4-6,10H2,1-3H3,(H,20,21,22). The summed E-state index contributed by atoms with van der Waals surface area (Å²) in [6.07, 6.45) is 2.68. The van der Waals surface area contributed by atoms with Crippen molar-refractivity contribution in [2.24, 2.45) is 0 Å². The summed E-state index contributed by atoms with van der Waals surface area (Å²) >= 11 is 1.32. The predicted octanol–water partition coefficient (Wildman–Crippen LogP) is 3.88. The molecule has 0 spiro atoms. The minimum Gasteiger partial charge on any atom is -0.458 e. The van der Waals surface area contributed by atoms with Gasteiger partial charge in [0.1, 0.15) is 6.61 Å². The number of ether oxygens (including phenoxy) is 1. The van der Waals surface area contributed by atoms with Gasteiger partial charge in [0.05, 0.1) is 11.1 Å². The van der Waals surface area contributed by atoms with E-state index in [0.29, 0.717) is 10.8 Å². The minimum absolute atomic E-state index is 0.126. The Balaban J connectivity index is 1.70. The first-order valence-corrected chi connectivity index (χ1v) is 9.25. The molecule has 0 bridgehead atoms. The van der Waals surface area contributed by atoms with Gasteiger partial charge in [-0.15, -0.1) is 11.3 Å². The Labute approximate surface area is 151 Å². The molecule has 0 unspecified atom stereocenters. The molecule has 3 rings (SSSR count). The number of carbonyl (C=O) groups is 2. The molecule has 25 heavy (non-hydrogen) atoms. The van der Waals surface area contributed by atoms with E-state index in [1.807, 2.05) is 13.8 Å². The van der Waals surface area contributed by atoms with Gasteiger partial charge in [-0.05, 0) is 32.3 Å². The molecular formula is C19H22N2O3S. The number of aryl methyl sites for hydroxylation is 2. The lowest BCUT2D eigenvalue weighted by atomic mass is 9.64. The van der Waals surface area contributed by atoms with Crippen LogP contribution < -0.4 is 5.32 Å². The molecule has 1 aliphatic rings. The molecule has 0 radical (unpaired) electrons. The van der Waals surface area contributed by atoms with E-state index in [-0.39, 0.29) is 18.5 Å². The number of hydrogen-bond donors (Lipinski definition) is 1. The molecule has 1 heterocycles. The Hall–Kier alpha value is -2.21. The number of nitrogens with zero attached hydrogens (tertiary/aromatic N) is 1. The summed E-state index contributed by atoms with van der Waals surface area (Å²) in [5.41, 5.74) is 3.50. The van der Waals surface area contributed by atoms with Gasteiger partial charge < -0.3 is 10.1 Å². The molecule has 0 atom stereocenters. The predicted molar refractivity (Wildman–Crippen MR) is 97.7 cm³/mol. The van der Waals surface area contributed by atoms with Crippen LogP contribution in [0, 0.1) is 13.8 Å². The van der Waals surface area contributed by atoms with E-state index >= 15 is 0 Å². The zero-order valence-electron chi connectivity index (χ0n) is 14.7. The fourth-order valence-electron chi connectivity index (χ4n) is 3.25. The van der Waals surface area contributed by atoms with Crippen molar-refractivity contribution in [3.63, 3.8) is 0 Å². The molecule has 1 aliphatic carbocycles. The SMILES string of the molecule is CC(=O)Nc1nc(COC(=O)C2(c3cc(C)cc(C)c3)CCC2)cs1. The second-order valence-corrected chi connectivity index (χ2v) is 7.57. The normalized spacial score (nSPS) is 15.3. The lowest BCUT2D eigenvalue weighted by Gasteiger charge is -2.40. The van der Waals surface area contributed by atoms with Gasteiger partial charge >= 0.3 is 5.97 Å². The molecule has 2 aromatic rings. The molecule has 5 nitrogen and oxygen atoms in total. The third-order valence-corrected chi connectivity index (χ3v) is 5.36. The van der Waals surface area contributed by atoms with E-state index in [1.54, 1.807) is 5.38 Å². The van der Waals surface area contributed by atoms with Crippen LogP contribution in [0.3, 0.4) is 0 Å². The minimum atomic E-state index is -0.521. The van der Waals surface area contributed by atoms with E-state index in [0.717, 1.165) is 36.0 Å². The maximum absolute atomic E-state index is 12.8. The number of nitrogens with one attached hydrogen (secondary N) is 1. The number of esters is 1. The van der Waals surface area contributed by atoms with Gasteiger partial charge in [0.15, 0.2) is 5.13 Å². The first kappa shape index (κ1) is 17.6. The largest absolute Gasteiger partial charge is 0.458 e. The summed E-state index contributed by atoms with van der Waals surface area (Å²) in [5, 5.41) is 4.95. The van der Waals surface area contributed by atoms with Crippen molar-refractivity contribution in [1.82, 2.24) is 4.98 Å². The van der Waals surface area contributed by atoms with Crippen molar-refractivity contribution in [2.45, 2.75) is 52.1 Å². The topological polar surface area (TPSA) is 68.3 Å². The Morgan fingerprint density at radius 3 is 2.48 bits per heavy atom. The number of benzene rings is 1. The number of amides is 1. The van der Waals surface area contributed by atoms with Crippen LogP contribution in [0.1, 0.15) is 48.6 Å². The van der Waals surface area contributed by atoms with E-state index in [9.17, 15) is 9.59 Å². The van der Waals surface area contributed by atoms with Crippen LogP contribution in [-0.2, 0) is 26.3 Å². The van der Waals surface area contributed by atoms with Gasteiger partial charge in [0.2, 0.25) is 5.91 Å². The van der Waals surface area contributed by atoms with Crippen LogP contribution in [0.5, 0.6) is 0 Å². The molecule has 1 amide bonds. The summed E-state index contributed by atoms with van der Waals surface area (Å²) in [6, 6.07) is 6.29. The average Bonchev–Trinajstić information content (AvgIpc) is 2.89. The second-order valence-electron chi connectivity index (χ2n) is 6.71. The van der Waals surface area contributed by atoms with Crippen LogP contribution in [-0.4, -0.2) is 16.9 Å². The molecular weight excluding hydrogens is 336 g/mol. The van der Waals surface area contributed by atoms with E-state index < -0.39 is 5.41 Å². The maximum atomic E-state index is 12.8. The van der Waals surface area contributed by atoms with Crippen molar-refractivity contribution in [3.05, 3.63) is 46.0 Å². The van der Waals surface area contributed by atoms with Gasteiger partial charge in [-0.3, -0.25) is 9.59 Å². The van der Waals surface area contributed by atoms with Crippen LogP contribution in [0.2, 0.25) is 0 Å². The molecule has 0 aliphatic heterocycles. The molecule has 6 heteroatoms. The maximum Gasteiger partial charge on any atom is 0.316 e. The first-order valence-electron chi connectivity index (χ1n) is 8.37.